The van der Waals surface area contributed by atoms with Gasteiger partial charge in [0.05, 0.1) is 12.1 Å². The number of nitrogens with one attached hydrogen (secondary N) is 1. The van der Waals surface area contributed by atoms with E-state index in [1.165, 1.54) is 0 Å². The number of likely N-dealkylation sites (N-methyl/N-ethyl adjacent to an activating group) is 1. The Labute approximate surface area is 102 Å². The van der Waals surface area contributed by atoms with Gasteiger partial charge < -0.3 is 10.0 Å². The highest BCUT2D eigenvalue weighted by atomic mass is 16.3. The molecule has 0 saturated carbocycles. The first-order chi connectivity index (χ1) is 8.10. The molecule has 17 heavy (non-hydrogen) atoms. The van der Waals surface area contributed by atoms with Crippen molar-refractivity contribution < 1.29 is 9.90 Å². The van der Waals surface area contributed by atoms with Crippen molar-refractivity contribution in [2.45, 2.75) is 33.6 Å². The zero-order valence-corrected chi connectivity index (χ0v) is 10.8. The van der Waals surface area contributed by atoms with Crippen LogP contribution in [0.1, 0.15) is 30.3 Å². The summed E-state index contributed by atoms with van der Waals surface area (Å²) in [5, 5.41) is 15.7. The topological polar surface area (TPSA) is 69.2 Å². The Hall–Kier alpha value is -1.36. The average Bonchev–Trinajstić information content (AvgIpc) is 2.62. The van der Waals surface area contributed by atoms with Crippen LogP contribution in [-0.2, 0) is 11.2 Å². The van der Waals surface area contributed by atoms with Crippen LogP contribution >= 0.6 is 0 Å². The molecule has 0 saturated heterocycles. The van der Waals surface area contributed by atoms with Crippen molar-refractivity contribution in [3.63, 3.8) is 0 Å². The SMILES string of the molecule is CCN(CCCO)C(=O)Cc1c(C)n[nH]c1C. The minimum Gasteiger partial charge on any atom is -0.396 e. The third-order valence-electron chi connectivity index (χ3n) is 2.93. The monoisotopic (exact) mass is 239 g/mol. The smallest absolute Gasteiger partial charge is 0.227 e. The van der Waals surface area contributed by atoms with Crippen molar-refractivity contribution in [2.24, 2.45) is 0 Å². The molecule has 0 bridgehead atoms. The van der Waals surface area contributed by atoms with E-state index in [1.807, 2.05) is 20.8 Å². The molecule has 96 valence electrons. The van der Waals surface area contributed by atoms with Gasteiger partial charge in [0.15, 0.2) is 0 Å². The molecule has 0 aliphatic carbocycles. The summed E-state index contributed by atoms with van der Waals surface area (Å²) < 4.78 is 0. The molecule has 1 rings (SSSR count). The summed E-state index contributed by atoms with van der Waals surface area (Å²) in [4.78, 5) is 13.8. The van der Waals surface area contributed by atoms with Gasteiger partial charge >= 0.3 is 0 Å². The van der Waals surface area contributed by atoms with E-state index in [0.717, 1.165) is 17.0 Å². The van der Waals surface area contributed by atoms with Crippen LogP contribution in [0.3, 0.4) is 0 Å². The van der Waals surface area contributed by atoms with Gasteiger partial charge in [0.1, 0.15) is 0 Å². The second kappa shape index (κ2) is 6.39. The van der Waals surface area contributed by atoms with E-state index in [9.17, 15) is 4.79 Å². The van der Waals surface area contributed by atoms with Crippen molar-refractivity contribution in [3.05, 3.63) is 17.0 Å². The van der Waals surface area contributed by atoms with Crippen molar-refractivity contribution in [1.29, 1.82) is 0 Å². The third kappa shape index (κ3) is 3.56. The standard InChI is InChI=1S/C12H21N3O2/c1-4-15(6-5-7-16)12(17)8-11-9(2)13-14-10(11)3/h16H,4-8H2,1-3H3,(H,13,14). The molecular formula is C12H21N3O2. The summed E-state index contributed by atoms with van der Waals surface area (Å²) in [7, 11) is 0. The molecule has 1 aromatic rings. The number of nitrogens with zero attached hydrogens (tertiary/aromatic N) is 2. The van der Waals surface area contributed by atoms with Crippen LogP contribution in [0.5, 0.6) is 0 Å². The Morgan fingerprint density at radius 1 is 1.47 bits per heavy atom. The van der Waals surface area contributed by atoms with Crippen molar-refractivity contribution >= 4 is 5.91 Å². The maximum absolute atomic E-state index is 12.1. The van der Waals surface area contributed by atoms with Crippen LogP contribution in [0, 0.1) is 13.8 Å². The lowest BCUT2D eigenvalue weighted by atomic mass is 10.1. The zero-order valence-electron chi connectivity index (χ0n) is 10.8. The number of aliphatic hydroxyl groups excluding tert-OH is 1. The lowest BCUT2D eigenvalue weighted by Crippen LogP contribution is -2.33. The number of carbonyl (C=O) groups excluding carboxylic acids is 1. The van der Waals surface area contributed by atoms with Gasteiger partial charge in [-0.05, 0) is 27.2 Å². The number of aromatic nitrogens is 2. The molecule has 1 heterocycles. The Morgan fingerprint density at radius 3 is 2.65 bits per heavy atom. The number of aryl methyl sites for hydroxylation is 2. The molecule has 2 N–H and O–H groups in total. The van der Waals surface area contributed by atoms with Gasteiger partial charge in [0.2, 0.25) is 5.91 Å². The van der Waals surface area contributed by atoms with E-state index in [0.29, 0.717) is 25.9 Å². The number of aromatic amines is 1. The van der Waals surface area contributed by atoms with Crippen molar-refractivity contribution in [2.75, 3.05) is 19.7 Å². The molecule has 0 fully saturated rings. The van der Waals surface area contributed by atoms with Gasteiger partial charge in [-0.1, -0.05) is 0 Å². The first kappa shape index (κ1) is 13.7. The van der Waals surface area contributed by atoms with Crippen molar-refractivity contribution in [1.82, 2.24) is 15.1 Å². The molecule has 1 amide bonds. The van der Waals surface area contributed by atoms with Gasteiger partial charge in [-0.25, -0.2) is 0 Å². The molecular weight excluding hydrogens is 218 g/mol. The summed E-state index contributed by atoms with van der Waals surface area (Å²) in [6.07, 6.45) is 1.01. The maximum atomic E-state index is 12.1. The number of aliphatic hydroxyl groups is 1. The fraction of sp³-hybridized carbons (Fsp3) is 0.667. The maximum Gasteiger partial charge on any atom is 0.227 e. The first-order valence-electron chi connectivity index (χ1n) is 5.99. The van der Waals surface area contributed by atoms with E-state index >= 15 is 0 Å². The van der Waals surface area contributed by atoms with Gasteiger partial charge in [-0.15, -0.1) is 0 Å². The zero-order chi connectivity index (χ0) is 12.8. The lowest BCUT2D eigenvalue weighted by molar-refractivity contribution is -0.130. The summed E-state index contributed by atoms with van der Waals surface area (Å²) in [6, 6.07) is 0. The Bertz CT molecular complexity index is 354. The van der Waals surface area contributed by atoms with Gasteiger partial charge in [-0.3, -0.25) is 9.89 Å². The molecule has 0 aliphatic rings. The number of amides is 1. The third-order valence-corrected chi connectivity index (χ3v) is 2.93. The van der Waals surface area contributed by atoms with Crippen LogP contribution < -0.4 is 0 Å². The number of carbonyl (C=O) groups is 1. The minimum atomic E-state index is 0.0913. The molecule has 5 heteroatoms. The van der Waals surface area contributed by atoms with E-state index < -0.39 is 0 Å². The number of hydrogen-bond acceptors (Lipinski definition) is 3. The van der Waals surface area contributed by atoms with E-state index in [4.69, 9.17) is 5.11 Å². The fourth-order valence-corrected chi connectivity index (χ4v) is 1.82. The van der Waals surface area contributed by atoms with Gasteiger partial charge in [0.25, 0.3) is 0 Å². The molecule has 0 aromatic carbocycles. The molecule has 1 aromatic heterocycles. The number of rotatable bonds is 6. The second-order valence-electron chi connectivity index (χ2n) is 4.14. The predicted octanol–water partition coefficient (Wildman–Crippen LogP) is 0.800. The summed E-state index contributed by atoms with van der Waals surface area (Å²) >= 11 is 0. The molecule has 0 aliphatic heterocycles. The number of hydrogen-bond donors (Lipinski definition) is 2. The fourth-order valence-electron chi connectivity index (χ4n) is 1.82. The first-order valence-corrected chi connectivity index (χ1v) is 5.99. The van der Waals surface area contributed by atoms with E-state index in [2.05, 4.69) is 10.2 Å². The molecule has 0 unspecified atom stereocenters. The van der Waals surface area contributed by atoms with Crippen LogP contribution in [-0.4, -0.2) is 45.8 Å². The summed E-state index contributed by atoms with van der Waals surface area (Å²) in [5.74, 6) is 0.0913. The quantitative estimate of drug-likeness (QED) is 0.771. The normalized spacial score (nSPS) is 10.6. The van der Waals surface area contributed by atoms with Crippen LogP contribution in [0.2, 0.25) is 0 Å². The van der Waals surface area contributed by atoms with E-state index in [1.54, 1.807) is 4.90 Å². The molecule has 0 atom stereocenters. The van der Waals surface area contributed by atoms with Crippen LogP contribution in [0.15, 0.2) is 0 Å². The highest BCUT2D eigenvalue weighted by molar-refractivity contribution is 5.79. The summed E-state index contributed by atoms with van der Waals surface area (Å²) in [6.45, 7) is 7.18. The highest BCUT2D eigenvalue weighted by Crippen LogP contribution is 2.11. The summed E-state index contributed by atoms with van der Waals surface area (Å²) in [5.41, 5.74) is 2.82. The van der Waals surface area contributed by atoms with Gasteiger partial charge in [-0.2, -0.15) is 5.10 Å². The average molecular weight is 239 g/mol. The highest BCUT2D eigenvalue weighted by Gasteiger charge is 2.15. The van der Waals surface area contributed by atoms with Crippen LogP contribution in [0.25, 0.3) is 0 Å². The van der Waals surface area contributed by atoms with Gasteiger partial charge in [0, 0.05) is 31.0 Å². The van der Waals surface area contributed by atoms with Crippen LogP contribution in [0.4, 0.5) is 0 Å². The second-order valence-corrected chi connectivity index (χ2v) is 4.14. The largest absolute Gasteiger partial charge is 0.396 e. The number of H-pyrrole nitrogens is 1. The molecule has 0 radical (unpaired) electrons. The lowest BCUT2D eigenvalue weighted by Gasteiger charge is -2.20. The molecule has 0 spiro atoms. The molecule has 5 nitrogen and oxygen atoms in total. The van der Waals surface area contributed by atoms with Crippen molar-refractivity contribution in [3.8, 4) is 0 Å². The Morgan fingerprint density at radius 2 is 2.18 bits per heavy atom. The Balaban J connectivity index is 2.64. The predicted molar refractivity (Wildman–Crippen MR) is 65.7 cm³/mol. The Kier molecular flexibility index (Phi) is 5.15. The minimum absolute atomic E-state index is 0.0913. The van der Waals surface area contributed by atoms with E-state index in [-0.39, 0.29) is 12.5 Å².